The molecule has 1 aliphatic rings. The number of piperidine rings is 1. The van der Waals surface area contributed by atoms with E-state index in [1.165, 1.54) is 22.1 Å². The van der Waals surface area contributed by atoms with Gasteiger partial charge in [0.15, 0.2) is 0 Å². The van der Waals surface area contributed by atoms with Crippen molar-refractivity contribution in [1.29, 1.82) is 0 Å². The third kappa shape index (κ3) is 3.51. The maximum atomic E-state index is 13.1. The van der Waals surface area contributed by atoms with Gasteiger partial charge in [0.05, 0.1) is 28.4 Å². The summed E-state index contributed by atoms with van der Waals surface area (Å²) < 4.78 is 7.37. The molecule has 0 aliphatic carbocycles. The molecule has 2 aromatic carbocycles. The standard InChI is InChI=1S/C25H24N2O3S/c1-2-30-25(29)17-13-15-26(16-14-17)24(28)22-11-12-23(31-22)27-20-9-5-3-7-18(20)19-8-4-6-10-21(19)27/h3-12,17H,2,13-16H2,1H3. The number of amides is 1. The largest absolute Gasteiger partial charge is 0.466 e. The third-order valence-corrected chi connectivity index (χ3v) is 7.06. The summed E-state index contributed by atoms with van der Waals surface area (Å²) in [7, 11) is 0. The number of fused-ring (bicyclic) bond motifs is 3. The van der Waals surface area contributed by atoms with Gasteiger partial charge >= 0.3 is 5.97 Å². The van der Waals surface area contributed by atoms with E-state index in [1.807, 2.05) is 36.1 Å². The number of hydrogen-bond donors (Lipinski definition) is 0. The average molecular weight is 433 g/mol. The number of benzene rings is 2. The number of thiophene rings is 1. The first-order valence-corrected chi connectivity index (χ1v) is 11.5. The van der Waals surface area contributed by atoms with Crippen molar-refractivity contribution in [3.05, 3.63) is 65.5 Å². The first-order valence-electron chi connectivity index (χ1n) is 10.7. The van der Waals surface area contributed by atoms with Crippen LogP contribution in [-0.2, 0) is 9.53 Å². The van der Waals surface area contributed by atoms with Gasteiger partial charge in [-0.3, -0.25) is 9.59 Å². The van der Waals surface area contributed by atoms with E-state index in [4.69, 9.17) is 4.74 Å². The molecule has 1 fully saturated rings. The predicted octanol–water partition coefficient (Wildman–Crippen LogP) is 5.26. The maximum absolute atomic E-state index is 13.1. The smallest absolute Gasteiger partial charge is 0.309 e. The van der Waals surface area contributed by atoms with Gasteiger partial charge in [0.2, 0.25) is 0 Å². The zero-order valence-corrected chi connectivity index (χ0v) is 18.2. The van der Waals surface area contributed by atoms with Crippen LogP contribution in [-0.4, -0.2) is 41.0 Å². The number of ether oxygens (including phenoxy) is 1. The second-order valence-corrected chi connectivity index (χ2v) is 8.89. The quantitative estimate of drug-likeness (QED) is 0.413. The Kier molecular flexibility index (Phi) is 5.24. The number of esters is 1. The van der Waals surface area contributed by atoms with Gasteiger partial charge in [0, 0.05) is 23.9 Å². The molecule has 1 saturated heterocycles. The van der Waals surface area contributed by atoms with Gasteiger partial charge < -0.3 is 14.2 Å². The minimum Gasteiger partial charge on any atom is -0.466 e. The lowest BCUT2D eigenvalue weighted by molar-refractivity contribution is -0.149. The Hall–Kier alpha value is -3.12. The molecule has 0 spiro atoms. The second-order valence-electron chi connectivity index (χ2n) is 7.83. The normalized spacial score (nSPS) is 14.9. The number of carbonyl (C=O) groups is 2. The van der Waals surface area contributed by atoms with Crippen LogP contribution >= 0.6 is 11.3 Å². The van der Waals surface area contributed by atoms with Gasteiger partial charge in [-0.25, -0.2) is 0 Å². The molecule has 5 rings (SSSR count). The Balaban J connectivity index is 1.41. The van der Waals surface area contributed by atoms with Crippen LogP contribution in [0.1, 0.15) is 29.4 Å². The fourth-order valence-electron chi connectivity index (χ4n) is 4.46. The van der Waals surface area contributed by atoms with Gasteiger partial charge in [-0.15, -0.1) is 11.3 Å². The molecule has 31 heavy (non-hydrogen) atoms. The van der Waals surface area contributed by atoms with Crippen LogP contribution in [0.5, 0.6) is 0 Å². The monoisotopic (exact) mass is 432 g/mol. The zero-order valence-electron chi connectivity index (χ0n) is 17.4. The van der Waals surface area contributed by atoms with Crippen LogP contribution in [0.15, 0.2) is 60.7 Å². The Morgan fingerprint density at radius 1 is 0.935 bits per heavy atom. The van der Waals surface area contributed by atoms with E-state index in [9.17, 15) is 9.59 Å². The molecule has 6 heteroatoms. The molecule has 1 aliphatic heterocycles. The Morgan fingerprint density at radius 3 is 2.16 bits per heavy atom. The number of carbonyl (C=O) groups excluding carboxylic acids is 2. The van der Waals surface area contributed by atoms with Crippen molar-refractivity contribution in [3.8, 4) is 5.00 Å². The number of rotatable bonds is 4. The van der Waals surface area contributed by atoms with Crippen LogP contribution in [0, 0.1) is 5.92 Å². The lowest BCUT2D eigenvalue weighted by Crippen LogP contribution is -2.40. The number of likely N-dealkylation sites (tertiary alicyclic amines) is 1. The molecule has 5 nitrogen and oxygen atoms in total. The highest BCUT2D eigenvalue weighted by Gasteiger charge is 2.29. The first-order chi connectivity index (χ1) is 15.2. The molecule has 0 N–H and O–H groups in total. The lowest BCUT2D eigenvalue weighted by atomic mass is 9.97. The highest BCUT2D eigenvalue weighted by molar-refractivity contribution is 7.16. The zero-order chi connectivity index (χ0) is 21.4. The van der Waals surface area contributed by atoms with Crippen LogP contribution < -0.4 is 0 Å². The van der Waals surface area contributed by atoms with E-state index in [2.05, 4.69) is 41.0 Å². The molecule has 4 aromatic rings. The van der Waals surface area contributed by atoms with Crippen molar-refractivity contribution in [2.24, 2.45) is 5.92 Å². The molecule has 0 unspecified atom stereocenters. The van der Waals surface area contributed by atoms with E-state index in [1.54, 1.807) is 0 Å². The third-order valence-electron chi connectivity index (χ3n) is 6.01. The number of para-hydroxylation sites is 2. The number of nitrogens with zero attached hydrogens (tertiary/aromatic N) is 2. The number of hydrogen-bond acceptors (Lipinski definition) is 4. The maximum Gasteiger partial charge on any atom is 0.309 e. The SMILES string of the molecule is CCOC(=O)C1CCN(C(=O)c2ccc(-n3c4ccccc4c4ccccc43)s2)CC1. The van der Waals surface area contributed by atoms with Crippen molar-refractivity contribution in [2.75, 3.05) is 19.7 Å². The topological polar surface area (TPSA) is 51.5 Å². The van der Waals surface area contributed by atoms with Gasteiger partial charge in [-0.05, 0) is 44.0 Å². The Labute approximate surface area is 184 Å². The highest BCUT2D eigenvalue weighted by Crippen LogP contribution is 2.34. The molecule has 2 aromatic heterocycles. The van der Waals surface area contributed by atoms with Crippen LogP contribution in [0.25, 0.3) is 26.8 Å². The molecule has 0 saturated carbocycles. The van der Waals surface area contributed by atoms with Gasteiger partial charge in [-0.2, -0.15) is 0 Å². The Morgan fingerprint density at radius 2 is 1.55 bits per heavy atom. The van der Waals surface area contributed by atoms with Gasteiger partial charge in [-0.1, -0.05) is 36.4 Å². The van der Waals surface area contributed by atoms with Crippen LogP contribution in [0.4, 0.5) is 0 Å². The molecule has 158 valence electrons. The van der Waals surface area contributed by atoms with Gasteiger partial charge in [0.1, 0.15) is 5.00 Å². The van der Waals surface area contributed by atoms with Crippen molar-refractivity contribution < 1.29 is 14.3 Å². The summed E-state index contributed by atoms with van der Waals surface area (Å²) >= 11 is 1.52. The minimum absolute atomic E-state index is 0.0410. The van der Waals surface area contributed by atoms with E-state index >= 15 is 0 Å². The molecule has 0 radical (unpaired) electrons. The van der Waals surface area contributed by atoms with Crippen LogP contribution in [0.2, 0.25) is 0 Å². The summed E-state index contributed by atoms with van der Waals surface area (Å²) in [5.41, 5.74) is 2.28. The summed E-state index contributed by atoms with van der Waals surface area (Å²) in [4.78, 5) is 27.7. The van der Waals surface area contributed by atoms with E-state index in [0.29, 0.717) is 32.5 Å². The van der Waals surface area contributed by atoms with Crippen molar-refractivity contribution in [2.45, 2.75) is 19.8 Å². The van der Waals surface area contributed by atoms with E-state index in [0.717, 1.165) is 20.9 Å². The molecule has 1 amide bonds. The fraction of sp³-hybridized carbons (Fsp3) is 0.280. The summed E-state index contributed by atoms with van der Waals surface area (Å²) in [6.07, 6.45) is 1.32. The molecule has 3 heterocycles. The van der Waals surface area contributed by atoms with Crippen molar-refractivity contribution in [1.82, 2.24) is 9.47 Å². The lowest BCUT2D eigenvalue weighted by Gasteiger charge is -2.30. The van der Waals surface area contributed by atoms with E-state index < -0.39 is 0 Å². The molecular formula is C25H24N2O3S. The molecule has 0 atom stereocenters. The minimum atomic E-state index is -0.139. The average Bonchev–Trinajstić information content (AvgIpc) is 3.41. The second kappa shape index (κ2) is 8.19. The summed E-state index contributed by atoms with van der Waals surface area (Å²) in [6, 6.07) is 20.7. The summed E-state index contributed by atoms with van der Waals surface area (Å²) in [6.45, 7) is 3.40. The fourth-order valence-corrected chi connectivity index (χ4v) is 5.46. The van der Waals surface area contributed by atoms with Gasteiger partial charge in [0.25, 0.3) is 5.91 Å². The van der Waals surface area contributed by atoms with Crippen molar-refractivity contribution in [3.63, 3.8) is 0 Å². The van der Waals surface area contributed by atoms with Crippen LogP contribution in [0.3, 0.4) is 0 Å². The highest BCUT2D eigenvalue weighted by atomic mass is 32.1. The number of aromatic nitrogens is 1. The predicted molar refractivity (Wildman–Crippen MR) is 124 cm³/mol. The summed E-state index contributed by atoms with van der Waals surface area (Å²) in [5, 5.41) is 3.45. The Bertz CT molecular complexity index is 1210. The first kappa shape index (κ1) is 19.8. The van der Waals surface area contributed by atoms with Crippen molar-refractivity contribution >= 4 is 45.0 Å². The molecule has 0 bridgehead atoms. The molecular weight excluding hydrogens is 408 g/mol. The summed E-state index contributed by atoms with van der Waals surface area (Å²) in [5.74, 6) is -0.195. The van der Waals surface area contributed by atoms with E-state index in [-0.39, 0.29) is 17.8 Å².